The number of ether oxygens (including phenoxy) is 1. The smallest absolute Gasteiger partial charge is 0.417 e. The van der Waals surface area contributed by atoms with Crippen molar-refractivity contribution in [2.75, 3.05) is 24.7 Å². The molecule has 1 amide bonds. The highest BCUT2D eigenvalue weighted by atomic mass is 79.9. The van der Waals surface area contributed by atoms with Crippen molar-refractivity contribution in [3.05, 3.63) is 126 Å². The third-order valence-electron chi connectivity index (χ3n) is 9.25. The molecule has 23 heteroatoms. The van der Waals surface area contributed by atoms with Gasteiger partial charge in [0.15, 0.2) is 0 Å². The second-order valence-corrected chi connectivity index (χ2v) is 14.3. The van der Waals surface area contributed by atoms with Gasteiger partial charge in [-0.05, 0) is 51.8 Å². The van der Waals surface area contributed by atoms with E-state index >= 15 is 8.78 Å². The number of morpholine rings is 1. The zero-order valence-electron chi connectivity index (χ0n) is 31.1. The summed E-state index contributed by atoms with van der Waals surface area (Å²) >= 11 is 2.76. The Labute approximate surface area is 344 Å². The van der Waals surface area contributed by atoms with Gasteiger partial charge in [-0.3, -0.25) is 19.4 Å². The molecule has 1 saturated heterocycles. The number of alkyl halides is 9. The van der Waals surface area contributed by atoms with Crippen LogP contribution in [0.25, 0.3) is 22.0 Å². The maximum Gasteiger partial charge on any atom is 0.417 e. The predicted octanol–water partition coefficient (Wildman–Crippen LogP) is 7.26. The van der Waals surface area contributed by atoms with Gasteiger partial charge in [0.25, 0.3) is 17.0 Å². The van der Waals surface area contributed by atoms with Gasteiger partial charge in [0.05, 0.1) is 34.3 Å². The average Bonchev–Trinajstić information content (AvgIpc) is 3.16. The molecule has 2 N–H and O–H groups in total. The van der Waals surface area contributed by atoms with Crippen LogP contribution in [-0.2, 0) is 42.4 Å². The molecule has 1 aliphatic rings. The van der Waals surface area contributed by atoms with Gasteiger partial charge in [-0.25, -0.2) is 13.6 Å². The molecule has 1 aliphatic heterocycles. The molecule has 326 valence electrons. The van der Waals surface area contributed by atoms with Crippen LogP contribution in [0.3, 0.4) is 0 Å². The minimum Gasteiger partial charge on any atom is -0.480 e. The number of carboxylic acids is 1. The fraction of sp³-hybridized carbons (Fsp3) is 0.289. The monoisotopic (exact) mass is 939 g/mol. The molecule has 5 aromatic rings. The fourth-order valence-electron chi connectivity index (χ4n) is 6.29. The Morgan fingerprint density at radius 2 is 1.48 bits per heavy atom. The molecular formula is C38H29BrF11N5O6. The number of aryl methyl sites for hydroxylation is 2. The first kappa shape index (κ1) is 46.2. The molecule has 0 bridgehead atoms. The van der Waals surface area contributed by atoms with E-state index < -0.39 is 101 Å². The molecule has 0 spiro atoms. The first-order chi connectivity index (χ1) is 28.3. The van der Waals surface area contributed by atoms with E-state index in [2.05, 4.69) is 20.9 Å². The molecular weight excluding hydrogens is 911 g/mol. The van der Waals surface area contributed by atoms with Crippen LogP contribution in [0.5, 0.6) is 0 Å². The first-order valence-electron chi connectivity index (χ1n) is 17.3. The van der Waals surface area contributed by atoms with Crippen LogP contribution < -0.4 is 21.3 Å². The molecule has 4 heterocycles. The third-order valence-corrected chi connectivity index (χ3v) is 9.82. The number of halogens is 12. The van der Waals surface area contributed by atoms with E-state index in [1.54, 1.807) is 0 Å². The van der Waals surface area contributed by atoms with E-state index in [0.717, 1.165) is 28.4 Å². The van der Waals surface area contributed by atoms with Gasteiger partial charge in [0, 0.05) is 67.9 Å². The highest BCUT2D eigenvalue weighted by molar-refractivity contribution is 9.10. The normalized spacial score (nSPS) is 15.2. The van der Waals surface area contributed by atoms with Crippen molar-refractivity contribution in [1.82, 2.24) is 19.4 Å². The van der Waals surface area contributed by atoms with E-state index in [1.807, 2.05) is 5.32 Å². The Morgan fingerprint density at radius 1 is 0.885 bits per heavy atom. The number of carbonyl (C=O) groups excluding carboxylic acids is 1. The number of benzene rings is 2. The molecule has 0 radical (unpaired) electrons. The molecule has 0 unspecified atom stereocenters. The fourth-order valence-corrected chi connectivity index (χ4v) is 6.82. The summed E-state index contributed by atoms with van der Waals surface area (Å²) in [6.45, 7) is -1.28. The lowest BCUT2D eigenvalue weighted by Gasteiger charge is -2.38. The Kier molecular flexibility index (Phi) is 13.4. The Bertz CT molecular complexity index is 2560. The number of carboxylic acid groups (broad SMARTS) is 1. The molecule has 3 aromatic heterocycles. The van der Waals surface area contributed by atoms with Gasteiger partial charge >= 0.3 is 24.5 Å². The predicted molar refractivity (Wildman–Crippen MR) is 199 cm³/mol. The quantitative estimate of drug-likeness (QED) is 0.163. The van der Waals surface area contributed by atoms with Crippen LogP contribution >= 0.6 is 15.9 Å². The number of hydrogen-bond donors (Lipinski definition) is 2. The molecule has 61 heavy (non-hydrogen) atoms. The van der Waals surface area contributed by atoms with Crippen molar-refractivity contribution >= 4 is 44.4 Å². The number of rotatable bonds is 7. The number of amides is 1. The molecule has 1 fully saturated rings. The van der Waals surface area contributed by atoms with Crippen molar-refractivity contribution in [3.63, 3.8) is 0 Å². The number of nitrogens with zero attached hydrogens (tertiary/aromatic N) is 4. The number of hydrogen-bond acceptors (Lipinski definition) is 7. The minimum absolute atomic E-state index is 0.00854. The lowest BCUT2D eigenvalue weighted by molar-refractivity contribution is -0.167. The average molecular weight is 941 g/mol. The second kappa shape index (κ2) is 17.6. The molecule has 6 rings (SSSR count). The summed E-state index contributed by atoms with van der Waals surface area (Å²) in [6, 6.07) is 3.97. The van der Waals surface area contributed by atoms with Gasteiger partial charge in [-0.15, -0.1) is 0 Å². The second-order valence-electron chi connectivity index (χ2n) is 13.4. The van der Waals surface area contributed by atoms with Crippen LogP contribution in [0.1, 0.15) is 27.0 Å². The molecule has 0 saturated carbocycles. The number of anilines is 1. The van der Waals surface area contributed by atoms with Gasteiger partial charge in [-0.2, -0.15) is 39.5 Å². The molecule has 2 aromatic carbocycles. The Hall–Kier alpha value is -5.84. The van der Waals surface area contributed by atoms with E-state index in [-0.39, 0.29) is 45.2 Å². The van der Waals surface area contributed by atoms with Crippen LogP contribution in [0.15, 0.2) is 81.2 Å². The zero-order valence-corrected chi connectivity index (χ0v) is 32.7. The summed E-state index contributed by atoms with van der Waals surface area (Å²) < 4.78 is 154. The van der Waals surface area contributed by atoms with Gasteiger partial charge in [-0.1, -0.05) is 18.2 Å². The highest BCUT2D eigenvalue weighted by Crippen LogP contribution is 2.35. The summed E-state index contributed by atoms with van der Waals surface area (Å²) in [7, 11) is 2.41. The Balaban J connectivity index is 0.000000463. The maximum atomic E-state index is 15.1. The van der Waals surface area contributed by atoms with E-state index in [1.165, 1.54) is 37.5 Å². The first-order valence-corrected chi connectivity index (χ1v) is 18.1. The number of aliphatic carboxylic acids is 1. The van der Waals surface area contributed by atoms with E-state index in [4.69, 9.17) is 4.74 Å². The van der Waals surface area contributed by atoms with Gasteiger partial charge in [0.1, 0.15) is 29.3 Å². The highest BCUT2D eigenvalue weighted by Gasteiger charge is 2.46. The van der Waals surface area contributed by atoms with Crippen molar-refractivity contribution in [1.29, 1.82) is 0 Å². The van der Waals surface area contributed by atoms with Crippen molar-refractivity contribution in [2.24, 2.45) is 14.1 Å². The number of pyridine rings is 3. The zero-order chi connectivity index (χ0) is 45.4. The van der Waals surface area contributed by atoms with E-state index in [0.29, 0.717) is 29.3 Å². The number of aromatic nitrogens is 3. The molecule has 0 aliphatic carbocycles. The van der Waals surface area contributed by atoms with Crippen LogP contribution in [0.2, 0.25) is 0 Å². The van der Waals surface area contributed by atoms with Crippen LogP contribution in [0, 0.1) is 11.6 Å². The minimum atomic E-state index is -4.79. The van der Waals surface area contributed by atoms with Gasteiger partial charge < -0.3 is 29.2 Å². The van der Waals surface area contributed by atoms with Crippen LogP contribution in [0.4, 0.5) is 54.0 Å². The largest absolute Gasteiger partial charge is 0.480 e. The lowest BCUT2D eigenvalue weighted by Crippen LogP contribution is -2.53. The maximum absolute atomic E-state index is 15.1. The SMILES string of the molecule is Cn1cc(C(F)(F)F)cc(-c2ccc(C[C@H](NC(=O)c3c(F)cc(N4CCOC[C@@H]4C(F)(F)F)cc3F)C(=O)O)c3cccnc23)c1=O.Cn1cc(C(F)(F)F)cc(Br)c1=O. The standard InChI is InChI=1S/C31H24F8N4O5.C7H5BrF3NO/c1-42-13-16(30(34,35)36)10-20(28(42)45)19-5-4-15(18-3-2-6-40-26(18)19)9-23(29(46)47)41-27(44)25-21(32)11-17(12-22(25)33)43-7-8-48-14-24(43)31(37,38)39;1-12-3-4(7(9,10)11)2-5(8)6(12)13/h2-6,10-13,23-24H,7-9,14H2,1H3,(H,41,44)(H,46,47);2-3H,1H3/t23-,24+;/m0./s1. The van der Waals surface area contributed by atoms with E-state index in [9.17, 15) is 63.8 Å². The summed E-state index contributed by atoms with van der Waals surface area (Å²) in [5, 5.41) is 12.1. The number of fused-ring (bicyclic) bond motifs is 1. The molecule has 11 nitrogen and oxygen atoms in total. The lowest BCUT2D eigenvalue weighted by atomic mass is 9.95. The van der Waals surface area contributed by atoms with Crippen LogP contribution in [-0.4, -0.2) is 69.1 Å². The summed E-state index contributed by atoms with van der Waals surface area (Å²) in [6.07, 6.45) is -11.8. The number of nitrogens with one attached hydrogen (secondary N) is 1. The Morgan fingerprint density at radius 3 is 2.03 bits per heavy atom. The summed E-state index contributed by atoms with van der Waals surface area (Å²) in [5.41, 5.74) is -5.03. The van der Waals surface area contributed by atoms with Crippen molar-refractivity contribution in [3.8, 4) is 11.1 Å². The topological polar surface area (TPSA) is 136 Å². The summed E-state index contributed by atoms with van der Waals surface area (Å²) in [5.74, 6) is -6.22. The number of carbonyl (C=O) groups is 2. The molecule has 2 atom stereocenters. The van der Waals surface area contributed by atoms with Gasteiger partial charge in [0.2, 0.25) is 0 Å². The van der Waals surface area contributed by atoms with Crippen molar-refractivity contribution in [2.45, 2.75) is 37.0 Å². The summed E-state index contributed by atoms with van der Waals surface area (Å²) in [4.78, 5) is 53.9. The third kappa shape index (κ3) is 10.4. The van der Waals surface area contributed by atoms with Crippen molar-refractivity contribution < 1.29 is 67.7 Å².